The Morgan fingerprint density at radius 2 is 1.74 bits per heavy atom. The topological polar surface area (TPSA) is 80.3 Å². The summed E-state index contributed by atoms with van der Waals surface area (Å²) in [7, 11) is 0. The predicted molar refractivity (Wildman–Crippen MR) is 107 cm³/mol. The van der Waals surface area contributed by atoms with Gasteiger partial charge in [0.1, 0.15) is 11.4 Å². The van der Waals surface area contributed by atoms with E-state index in [0.717, 1.165) is 5.75 Å². The van der Waals surface area contributed by atoms with E-state index >= 15 is 0 Å². The van der Waals surface area contributed by atoms with Crippen molar-refractivity contribution < 1.29 is 14.3 Å². The first-order chi connectivity index (χ1) is 13.0. The van der Waals surface area contributed by atoms with Gasteiger partial charge in [-0.15, -0.1) is 11.3 Å². The summed E-state index contributed by atoms with van der Waals surface area (Å²) in [4.78, 5) is 28.6. The molecule has 8 heteroatoms. The first kappa shape index (κ1) is 18.9. The van der Waals surface area contributed by atoms with Crippen LogP contribution in [0.4, 0.5) is 10.8 Å². The molecule has 0 aliphatic carbocycles. The van der Waals surface area contributed by atoms with Crippen LogP contribution in [-0.2, 0) is 0 Å². The number of aromatic nitrogens is 1. The molecule has 0 aliphatic heterocycles. The van der Waals surface area contributed by atoms with Crippen LogP contribution in [0.2, 0.25) is 5.02 Å². The Morgan fingerprint density at radius 1 is 1.04 bits per heavy atom. The van der Waals surface area contributed by atoms with E-state index in [1.165, 1.54) is 11.3 Å². The van der Waals surface area contributed by atoms with Crippen LogP contribution in [0.15, 0.2) is 53.9 Å². The van der Waals surface area contributed by atoms with Crippen LogP contribution in [0, 0.1) is 0 Å². The van der Waals surface area contributed by atoms with Crippen molar-refractivity contribution >= 4 is 45.6 Å². The fourth-order valence-corrected chi connectivity index (χ4v) is 3.01. The molecule has 2 aromatic carbocycles. The normalized spacial score (nSPS) is 10.3. The number of nitrogens with one attached hydrogen (secondary N) is 2. The number of hydrogen-bond donors (Lipinski definition) is 2. The molecular formula is C19H16ClN3O3S. The zero-order valence-electron chi connectivity index (χ0n) is 14.4. The SMILES string of the molecule is CCOc1ccc(NC(=O)c2csc(NC(=O)c3ccc(Cl)cc3)n2)cc1. The number of amides is 2. The van der Waals surface area contributed by atoms with Crippen LogP contribution in [0.1, 0.15) is 27.8 Å². The Balaban J connectivity index is 1.61. The number of ether oxygens (including phenoxy) is 1. The zero-order chi connectivity index (χ0) is 19.2. The molecule has 27 heavy (non-hydrogen) atoms. The second-order valence-electron chi connectivity index (χ2n) is 5.41. The fraction of sp³-hybridized carbons (Fsp3) is 0.105. The number of thiazole rings is 1. The summed E-state index contributed by atoms with van der Waals surface area (Å²) in [6.07, 6.45) is 0. The Bertz CT molecular complexity index is 940. The van der Waals surface area contributed by atoms with Gasteiger partial charge in [-0.1, -0.05) is 11.6 Å². The van der Waals surface area contributed by atoms with E-state index in [-0.39, 0.29) is 17.5 Å². The van der Waals surface area contributed by atoms with Gasteiger partial charge in [-0.05, 0) is 55.5 Å². The van der Waals surface area contributed by atoms with Gasteiger partial charge in [-0.3, -0.25) is 14.9 Å². The van der Waals surface area contributed by atoms with E-state index in [1.54, 1.807) is 53.9 Å². The van der Waals surface area contributed by atoms with Gasteiger partial charge in [-0.25, -0.2) is 4.98 Å². The number of carbonyl (C=O) groups excluding carboxylic acids is 2. The average Bonchev–Trinajstić information content (AvgIpc) is 3.13. The predicted octanol–water partition coefficient (Wildman–Crippen LogP) is 4.70. The summed E-state index contributed by atoms with van der Waals surface area (Å²) < 4.78 is 5.36. The Labute approximate surface area is 165 Å². The van der Waals surface area contributed by atoms with Crippen molar-refractivity contribution in [3.63, 3.8) is 0 Å². The second kappa shape index (κ2) is 8.66. The van der Waals surface area contributed by atoms with Crippen molar-refractivity contribution in [2.75, 3.05) is 17.2 Å². The van der Waals surface area contributed by atoms with E-state index in [1.807, 2.05) is 6.92 Å². The molecule has 0 aliphatic rings. The highest BCUT2D eigenvalue weighted by Gasteiger charge is 2.13. The first-order valence-corrected chi connectivity index (χ1v) is 9.37. The fourth-order valence-electron chi connectivity index (χ4n) is 2.20. The van der Waals surface area contributed by atoms with Crippen molar-refractivity contribution in [3.05, 3.63) is 70.2 Å². The van der Waals surface area contributed by atoms with E-state index in [4.69, 9.17) is 16.3 Å². The lowest BCUT2D eigenvalue weighted by Gasteiger charge is -2.06. The molecule has 2 N–H and O–H groups in total. The highest BCUT2D eigenvalue weighted by atomic mass is 35.5. The molecule has 3 rings (SSSR count). The summed E-state index contributed by atoms with van der Waals surface area (Å²) in [6.45, 7) is 2.48. The van der Waals surface area contributed by atoms with Crippen molar-refractivity contribution in [1.82, 2.24) is 4.98 Å². The van der Waals surface area contributed by atoms with Crippen molar-refractivity contribution in [2.24, 2.45) is 0 Å². The third-order valence-electron chi connectivity index (χ3n) is 3.49. The van der Waals surface area contributed by atoms with Gasteiger partial charge >= 0.3 is 0 Å². The second-order valence-corrected chi connectivity index (χ2v) is 6.70. The van der Waals surface area contributed by atoms with Crippen molar-refractivity contribution in [2.45, 2.75) is 6.92 Å². The highest BCUT2D eigenvalue weighted by Crippen LogP contribution is 2.20. The van der Waals surface area contributed by atoms with Gasteiger partial charge in [0.2, 0.25) is 0 Å². The lowest BCUT2D eigenvalue weighted by molar-refractivity contribution is 0.101. The summed E-state index contributed by atoms with van der Waals surface area (Å²) in [6, 6.07) is 13.5. The monoisotopic (exact) mass is 401 g/mol. The number of hydrogen-bond acceptors (Lipinski definition) is 5. The minimum Gasteiger partial charge on any atom is -0.494 e. The number of carbonyl (C=O) groups is 2. The Hall–Kier alpha value is -2.90. The molecule has 2 amide bonds. The van der Waals surface area contributed by atoms with Gasteiger partial charge in [0.05, 0.1) is 6.61 Å². The molecule has 1 aromatic heterocycles. The minimum atomic E-state index is -0.359. The smallest absolute Gasteiger partial charge is 0.275 e. The van der Waals surface area contributed by atoms with E-state index < -0.39 is 0 Å². The molecule has 0 bridgehead atoms. The molecule has 3 aromatic rings. The van der Waals surface area contributed by atoms with Gasteiger partial charge in [0, 0.05) is 21.7 Å². The maximum Gasteiger partial charge on any atom is 0.275 e. The van der Waals surface area contributed by atoms with Crippen molar-refractivity contribution in [1.29, 1.82) is 0 Å². The summed E-state index contributed by atoms with van der Waals surface area (Å²) in [5.41, 5.74) is 1.30. The molecule has 6 nitrogen and oxygen atoms in total. The van der Waals surface area contributed by atoms with E-state index in [0.29, 0.717) is 28.0 Å². The van der Waals surface area contributed by atoms with E-state index in [2.05, 4.69) is 15.6 Å². The first-order valence-electron chi connectivity index (χ1n) is 8.12. The quantitative estimate of drug-likeness (QED) is 0.627. The molecule has 0 atom stereocenters. The lowest BCUT2D eigenvalue weighted by atomic mass is 10.2. The molecular weight excluding hydrogens is 386 g/mol. The van der Waals surface area contributed by atoms with Crippen LogP contribution in [0.5, 0.6) is 5.75 Å². The molecule has 0 fully saturated rings. The molecule has 0 spiro atoms. The molecule has 0 radical (unpaired) electrons. The zero-order valence-corrected chi connectivity index (χ0v) is 15.9. The minimum absolute atomic E-state index is 0.222. The van der Waals surface area contributed by atoms with Gasteiger partial charge in [-0.2, -0.15) is 0 Å². The summed E-state index contributed by atoms with van der Waals surface area (Å²) in [5, 5.41) is 7.90. The molecule has 138 valence electrons. The molecule has 1 heterocycles. The van der Waals surface area contributed by atoms with Gasteiger partial charge in [0.25, 0.3) is 11.8 Å². The molecule has 0 unspecified atom stereocenters. The van der Waals surface area contributed by atoms with Crippen LogP contribution in [0.25, 0.3) is 0 Å². The Morgan fingerprint density at radius 3 is 2.41 bits per heavy atom. The number of halogens is 1. The largest absolute Gasteiger partial charge is 0.494 e. The number of benzene rings is 2. The lowest BCUT2D eigenvalue weighted by Crippen LogP contribution is -2.14. The van der Waals surface area contributed by atoms with Crippen LogP contribution in [-0.4, -0.2) is 23.4 Å². The van der Waals surface area contributed by atoms with Gasteiger partial charge in [0.15, 0.2) is 5.13 Å². The van der Waals surface area contributed by atoms with Crippen LogP contribution < -0.4 is 15.4 Å². The third kappa shape index (κ3) is 5.06. The van der Waals surface area contributed by atoms with Crippen molar-refractivity contribution in [3.8, 4) is 5.75 Å². The average molecular weight is 402 g/mol. The maximum atomic E-state index is 12.3. The highest BCUT2D eigenvalue weighted by molar-refractivity contribution is 7.14. The van der Waals surface area contributed by atoms with Crippen LogP contribution >= 0.6 is 22.9 Å². The van der Waals surface area contributed by atoms with Gasteiger partial charge < -0.3 is 10.1 Å². The van der Waals surface area contributed by atoms with Crippen LogP contribution in [0.3, 0.4) is 0 Å². The third-order valence-corrected chi connectivity index (χ3v) is 4.50. The molecule has 0 saturated heterocycles. The van der Waals surface area contributed by atoms with E-state index in [9.17, 15) is 9.59 Å². The maximum absolute atomic E-state index is 12.3. The Kier molecular flexibility index (Phi) is 6.05. The number of anilines is 2. The standard InChI is InChI=1S/C19H16ClN3O3S/c1-2-26-15-9-7-14(8-10-15)21-18(25)16-11-27-19(22-16)23-17(24)12-3-5-13(20)6-4-12/h3-11H,2H2,1H3,(H,21,25)(H,22,23,24). The number of nitrogens with zero attached hydrogens (tertiary/aromatic N) is 1. The molecule has 0 saturated carbocycles. The summed E-state index contributed by atoms with van der Waals surface area (Å²) in [5.74, 6) is 0.0539. The number of rotatable bonds is 6. The summed E-state index contributed by atoms with van der Waals surface area (Å²) >= 11 is 6.99.